The van der Waals surface area contributed by atoms with Crippen molar-refractivity contribution in [3.8, 4) is 0 Å². The highest BCUT2D eigenvalue weighted by Gasteiger charge is 1.95. The Hall–Kier alpha value is -1.64. The highest BCUT2D eigenvalue weighted by Crippen LogP contribution is 2.15. The Bertz CT molecular complexity index is 378. The van der Waals surface area contributed by atoms with Crippen molar-refractivity contribution < 1.29 is 0 Å². The number of anilines is 1. The molecule has 0 bridgehead atoms. The number of nitrogens with zero attached hydrogens (tertiary/aromatic N) is 2. The van der Waals surface area contributed by atoms with Crippen molar-refractivity contribution in [1.29, 1.82) is 0 Å². The summed E-state index contributed by atoms with van der Waals surface area (Å²) in [4.78, 5) is 0. The summed E-state index contributed by atoms with van der Waals surface area (Å²) in [5.41, 5.74) is 7.10. The molecule has 1 aromatic carbocycles. The van der Waals surface area contributed by atoms with Gasteiger partial charge in [0.15, 0.2) is 0 Å². The van der Waals surface area contributed by atoms with Crippen molar-refractivity contribution in [3.63, 3.8) is 0 Å². The first kappa shape index (κ1) is 6.09. The molecule has 2 rings (SSSR count). The summed E-state index contributed by atoms with van der Waals surface area (Å²) >= 11 is 0. The minimum atomic E-state index is 0.676. The van der Waals surface area contributed by atoms with E-state index in [0.29, 0.717) is 5.69 Å². The highest BCUT2D eigenvalue weighted by atomic mass is 15.1. The average Bonchev–Trinajstić information content (AvgIpc) is 2.06. The first-order valence-electron chi connectivity index (χ1n) is 3.34. The number of rotatable bonds is 0. The highest BCUT2D eigenvalue weighted by molar-refractivity contribution is 5.88. The maximum atomic E-state index is 5.65. The predicted octanol–water partition coefficient (Wildman–Crippen LogP) is 1.21. The molecule has 54 valence electrons. The van der Waals surface area contributed by atoms with Gasteiger partial charge in [0.2, 0.25) is 0 Å². The van der Waals surface area contributed by atoms with Gasteiger partial charge in [0.1, 0.15) is 5.52 Å². The van der Waals surface area contributed by atoms with E-state index in [1.165, 1.54) is 0 Å². The van der Waals surface area contributed by atoms with Gasteiger partial charge >= 0.3 is 0 Å². The lowest BCUT2D eigenvalue weighted by molar-refractivity contribution is 1.08. The lowest BCUT2D eigenvalue weighted by Crippen LogP contribution is -1.89. The average molecular weight is 145 g/mol. The molecule has 11 heavy (non-hydrogen) atoms. The second kappa shape index (κ2) is 2.20. The third-order valence-corrected chi connectivity index (χ3v) is 1.58. The Morgan fingerprint density at radius 3 is 2.91 bits per heavy atom. The molecule has 0 radical (unpaired) electrons. The fourth-order valence-corrected chi connectivity index (χ4v) is 1.03. The first-order chi connectivity index (χ1) is 5.38. The van der Waals surface area contributed by atoms with Crippen LogP contribution < -0.4 is 5.73 Å². The molecule has 0 saturated carbocycles. The number of hydrogen-bond donors (Lipinski definition) is 1. The number of hydrogen-bond acceptors (Lipinski definition) is 3. The van der Waals surface area contributed by atoms with Crippen molar-refractivity contribution in [2.45, 2.75) is 0 Å². The van der Waals surface area contributed by atoms with Crippen molar-refractivity contribution in [2.24, 2.45) is 0 Å². The molecule has 0 fully saturated rings. The zero-order valence-corrected chi connectivity index (χ0v) is 5.86. The Labute approximate surface area is 63.9 Å². The second-order valence-electron chi connectivity index (χ2n) is 2.32. The molecule has 1 aromatic heterocycles. The number of benzene rings is 1. The fourth-order valence-electron chi connectivity index (χ4n) is 1.03. The summed E-state index contributed by atoms with van der Waals surface area (Å²) in [5.74, 6) is 0. The molecule has 0 unspecified atom stereocenters. The van der Waals surface area contributed by atoms with Crippen LogP contribution in [0.2, 0.25) is 0 Å². The predicted molar refractivity (Wildman–Crippen MR) is 44.0 cm³/mol. The SMILES string of the molecule is Nc1cccc2ccnnc12. The molecule has 3 nitrogen and oxygen atoms in total. The zero-order valence-electron chi connectivity index (χ0n) is 5.86. The molecule has 0 aliphatic rings. The summed E-state index contributed by atoms with van der Waals surface area (Å²) in [5, 5.41) is 8.68. The first-order valence-corrected chi connectivity index (χ1v) is 3.34. The van der Waals surface area contributed by atoms with Crippen LogP contribution in [0.3, 0.4) is 0 Å². The largest absolute Gasteiger partial charge is 0.397 e. The molecule has 0 aliphatic heterocycles. The summed E-state index contributed by atoms with van der Waals surface area (Å²) in [6.45, 7) is 0. The van der Waals surface area contributed by atoms with E-state index < -0.39 is 0 Å². The molecule has 3 heteroatoms. The van der Waals surface area contributed by atoms with Gasteiger partial charge in [0.05, 0.1) is 11.9 Å². The number of nitrogens with two attached hydrogens (primary N) is 1. The topological polar surface area (TPSA) is 51.8 Å². The van der Waals surface area contributed by atoms with Gasteiger partial charge in [-0.25, -0.2) is 0 Å². The lowest BCUT2D eigenvalue weighted by atomic mass is 10.2. The van der Waals surface area contributed by atoms with E-state index in [4.69, 9.17) is 5.73 Å². The van der Waals surface area contributed by atoms with Gasteiger partial charge in [0, 0.05) is 5.39 Å². The maximum absolute atomic E-state index is 5.65. The lowest BCUT2D eigenvalue weighted by Gasteiger charge is -1.96. The van der Waals surface area contributed by atoms with E-state index in [1.54, 1.807) is 6.20 Å². The van der Waals surface area contributed by atoms with Crippen LogP contribution in [0.1, 0.15) is 0 Å². The van der Waals surface area contributed by atoms with Gasteiger partial charge in [-0.3, -0.25) is 0 Å². The van der Waals surface area contributed by atoms with E-state index in [1.807, 2.05) is 24.3 Å². The third-order valence-electron chi connectivity index (χ3n) is 1.58. The van der Waals surface area contributed by atoms with Crippen LogP contribution in [0.4, 0.5) is 5.69 Å². The van der Waals surface area contributed by atoms with Crippen molar-refractivity contribution in [2.75, 3.05) is 5.73 Å². The Balaban J connectivity index is 2.91. The van der Waals surface area contributed by atoms with Crippen LogP contribution in [0, 0.1) is 0 Å². The minimum Gasteiger partial charge on any atom is -0.397 e. The molecule has 1 heterocycles. The number of fused-ring (bicyclic) bond motifs is 1. The standard InChI is InChI=1S/C8H7N3/c9-7-3-1-2-6-4-5-10-11-8(6)7/h1-5H,9H2. The Kier molecular flexibility index (Phi) is 1.22. The molecule has 0 aliphatic carbocycles. The Morgan fingerprint density at radius 2 is 2.09 bits per heavy atom. The summed E-state index contributed by atoms with van der Waals surface area (Å²) in [6, 6.07) is 7.56. The van der Waals surface area contributed by atoms with E-state index in [-0.39, 0.29) is 0 Å². The minimum absolute atomic E-state index is 0.676. The van der Waals surface area contributed by atoms with Crippen molar-refractivity contribution >= 4 is 16.6 Å². The zero-order chi connectivity index (χ0) is 7.68. The summed E-state index contributed by atoms with van der Waals surface area (Å²) in [6.07, 6.45) is 1.65. The quantitative estimate of drug-likeness (QED) is 0.567. The van der Waals surface area contributed by atoms with E-state index in [2.05, 4.69) is 10.2 Å². The van der Waals surface area contributed by atoms with Crippen LogP contribution in [0.5, 0.6) is 0 Å². The van der Waals surface area contributed by atoms with Crippen LogP contribution in [-0.2, 0) is 0 Å². The van der Waals surface area contributed by atoms with E-state index >= 15 is 0 Å². The maximum Gasteiger partial charge on any atom is 0.116 e. The summed E-state index contributed by atoms with van der Waals surface area (Å²) < 4.78 is 0. The summed E-state index contributed by atoms with van der Waals surface area (Å²) in [7, 11) is 0. The second-order valence-corrected chi connectivity index (χ2v) is 2.32. The molecule has 2 aromatic rings. The smallest absolute Gasteiger partial charge is 0.116 e. The van der Waals surface area contributed by atoms with Gasteiger partial charge in [-0.15, -0.1) is 5.10 Å². The van der Waals surface area contributed by atoms with Crippen LogP contribution in [0.25, 0.3) is 10.9 Å². The fraction of sp³-hybridized carbons (Fsp3) is 0. The Morgan fingerprint density at radius 1 is 1.18 bits per heavy atom. The monoisotopic (exact) mass is 145 g/mol. The van der Waals surface area contributed by atoms with Gasteiger partial charge in [-0.2, -0.15) is 5.10 Å². The number of aromatic nitrogens is 2. The molecular weight excluding hydrogens is 138 g/mol. The van der Waals surface area contributed by atoms with E-state index in [0.717, 1.165) is 10.9 Å². The molecule has 2 N–H and O–H groups in total. The van der Waals surface area contributed by atoms with Crippen molar-refractivity contribution in [3.05, 3.63) is 30.5 Å². The van der Waals surface area contributed by atoms with Gasteiger partial charge in [-0.05, 0) is 12.1 Å². The van der Waals surface area contributed by atoms with Gasteiger partial charge in [-0.1, -0.05) is 12.1 Å². The van der Waals surface area contributed by atoms with Crippen LogP contribution >= 0.6 is 0 Å². The normalized spacial score (nSPS) is 10.2. The van der Waals surface area contributed by atoms with Crippen LogP contribution in [0.15, 0.2) is 30.5 Å². The van der Waals surface area contributed by atoms with Gasteiger partial charge < -0.3 is 5.73 Å². The molecular formula is C8H7N3. The van der Waals surface area contributed by atoms with Crippen LogP contribution in [-0.4, -0.2) is 10.2 Å². The molecule has 0 amide bonds. The van der Waals surface area contributed by atoms with Crippen molar-refractivity contribution in [1.82, 2.24) is 10.2 Å². The molecule has 0 atom stereocenters. The molecule has 0 spiro atoms. The van der Waals surface area contributed by atoms with Gasteiger partial charge in [0.25, 0.3) is 0 Å². The third kappa shape index (κ3) is 0.902. The van der Waals surface area contributed by atoms with E-state index in [9.17, 15) is 0 Å². The molecule has 0 saturated heterocycles. The number of nitrogen functional groups attached to an aromatic ring is 1.